The first-order chi connectivity index (χ1) is 25.1. The molecule has 0 aromatic rings. The molecule has 0 saturated heterocycles. The highest BCUT2D eigenvalue weighted by Crippen LogP contribution is 2.08. The van der Waals surface area contributed by atoms with Crippen molar-refractivity contribution in [1.29, 1.82) is 0 Å². The third-order valence-corrected chi connectivity index (χ3v) is 7.92. The van der Waals surface area contributed by atoms with E-state index in [0.29, 0.717) is 25.8 Å². The third kappa shape index (κ3) is 19.5. The smallest absolute Gasteiger partial charge is 0.325 e. The number of carboxylic acids is 1. The molecule has 0 rings (SSSR count). The van der Waals surface area contributed by atoms with Crippen LogP contribution in [0.5, 0.6) is 0 Å². The lowest BCUT2D eigenvalue weighted by atomic mass is 10.0. The summed E-state index contributed by atoms with van der Waals surface area (Å²) in [5.41, 5.74) is 23.6. The van der Waals surface area contributed by atoms with Gasteiger partial charge in [-0.2, -0.15) is 0 Å². The number of aliphatic hydroxyl groups excluding tert-OH is 2. The van der Waals surface area contributed by atoms with Crippen LogP contribution < -0.4 is 65.9 Å². The van der Waals surface area contributed by atoms with Gasteiger partial charge in [-0.25, -0.2) is 0 Å². The van der Waals surface area contributed by atoms with Crippen LogP contribution in [-0.2, 0) is 38.4 Å². The average molecular weight is 779 g/mol. The van der Waals surface area contributed by atoms with Crippen LogP contribution in [0.2, 0.25) is 0 Å². The molecule has 0 aliphatic heterocycles. The van der Waals surface area contributed by atoms with Gasteiger partial charge in [0.05, 0.1) is 18.8 Å². The maximum atomic E-state index is 13.7. The summed E-state index contributed by atoms with van der Waals surface area (Å²) in [4.78, 5) is 102. The summed E-state index contributed by atoms with van der Waals surface area (Å²) < 4.78 is 0. The Bertz CT molecular complexity index is 1270. The Kier molecular flexibility index (Phi) is 23.4. The first-order valence-corrected chi connectivity index (χ1v) is 17.7. The molecule has 0 bridgehead atoms. The van der Waals surface area contributed by atoms with E-state index in [-0.39, 0.29) is 25.8 Å². The quantitative estimate of drug-likeness (QED) is 0.0272. The number of amides is 7. The zero-order valence-corrected chi connectivity index (χ0v) is 31.4. The highest BCUT2D eigenvalue weighted by molar-refractivity contribution is 5.97. The molecule has 0 heterocycles. The molecular formula is C31H62N12O11+2. The lowest BCUT2D eigenvalue weighted by molar-refractivity contribution is -0.398. The number of carbonyl (C=O) groups is 8. The Morgan fingerprint density at radius 3 is 1.46 bits per heavy atom. The molecule has 0 unspecified atom stereocenters. The van der Waals surface area contributed by atoms with Crippen molar-refractivity contribution in [3.8, 4) is 0 Å². The van der Waals surface area contributed by atoms with Crippen molar-refractivity contribution < 1.29 is 65.1 Å². The Hall–Kier alpha value is -4.52. The number of carbonyl (C=O) groups excluding carboxylic acids is 7. The number of hydrogen-bond donors (Lipinski definition) is 15. The molecule has 0 fully saturated rings. The van der Waals surface area contributed by atoms with E-state index in [9.17, 15) is 48.6 Å². The van der Waals surface area contributed by atoms with Crippen LogP contribution in [-0.4, -0.2) is 137 Å². The number of aliphatic carboxylic acids is 1. The number of carboxylic acid groups (broad SMARTS) is 1. The van der Waals surface area contributed by atoms with E-state index < -0.39 is 115 Å². The van der Waals surface area contributed by atoms with Crippen LogP contribution in [0.1, 0.15) is 72.6 Å². The van der Waals surface area contributed by atoms with Crippen molar-refractivity contribution in [3.63, 3.8) is 0 Å². The summed E-state index contributed by atoms with van der Waals surface area (Å²) in [6.07, 6.45) is -3.34. The van der Waals surface area contributed by atoms with Gasteiger partial charge in [-0.15, -0.1) is 0 Å². The van der Waals surface area contributed by atoms with Crippen LogP contribution >= 0.6 is 0 Å². The van der Waals surface area contributed by atoms with E-state index in [1.807, 2.05) is 0 Å². The van der Waals surface area contributed by atoms with Crippen LogP contribution in [0, 0.1) is 0 Å². The topological polar surface area (TPSA) is 415 Å². The summed E-state index contributed by atoms with van der Waals surface area (Å²) in [5.74, 6) is -7.60. The van der Waals surface area contributed by atoms with E-state index >= 15 is 0 Å². The molecular weight excluding hydrogens is 716 g/mol. The van der Waals surface area contributed by atoms with Crippen LogP contribution in [0.15, 0.2) is 0 Å². The Labute approximate surface area is 313 Å². The van der Waals surface area contributed by atoms with E-state index in [1.165, 1.54) is 13.8 Å². The SMILES string of the molecule is C[C@H]([NH3+])C(=O)N[C@@H](CCCNC(N)N)C(=O)N[C@H](C(=O)N[C@@H](CCCC[NH3+])C(=O)N[C@@H](CCC(N)=O)C(=O)N[C@H](C(=O)N[C@@H](C)C(=O)O)[C@@H](C)O)[C@@H](C)O. The lowest BCUT2D eigenvalue weighted by Crippen LogP contribution is -2.68. The Morgan fingerprint density at radius 2 is 1.04 bits per heavy atom. The minimum Gasteiger partial charge on any atom is -0.480 e. The summed E-state index contributed by atoms with van der Waals surface area (Å²) in [7, 11) is 0. The number of quaternary nitrogens is 2. The predicted molar refractivity (Wildman–Crippen MR) is 190 cm³/mol. The number of nitrogens with two attached hydrogens (primary N) is 3. The van der Waals surface area contributed by atoms with Gasteiger partial charge in [0.15, 0.2) is 6.04 Å². The number of nitrogens with one attached hydrogen (secondary N) is 7. The highest BCUT2D eigenvalue weighted by atomic mass is 16.4. The number of primary amides is 1. The molecule has 0 aromatic heterocycles. The van der Waals surface area contributed by atoms with E-state index in [1.54, 1.807) is 0 Å². The maximum Gasteiger partial charge on any atom is 0.325 e. The minimum absolute atomic E-state index is 0.000139. The molecule has 310 valence electrons. The lowest BCUT2D eigenvalue weighted by Gasteiger charge is -2.28. The summed E-state index contributed by atoms with van der Waals surface area (Å²) in [5, 5.41) is 46.8. The molecule has 0 aliphatic carbocycles. The second-order valence-electron chi connectivity index (χ2n) is 13.1. The molecule has 23 heteroatoms. The second kappa shape index (κ2) is 25.5. The summed E-state index contributed by atoms with van der Waals surface area (Å²) >= 11 is 0. The van der Waals surface area contributed by atoms with Crippen molar-refractivity contribution in [2.45, 2.75) is 133 Å². The number of hydrogen-bond acceptors (Lipinski definition) is 13. The molecule has 0 aliphatic rings. The van der Waals surface area contributed by atoms with E-state index in [2.05, 4.69) is 48.7 Å². The monoisotopic (exact) mass is 778 g/mol. The van der Waals surface area contributed by atoms with Crippen LogP contribution in [0.25, 0.3) is 0 Å². The first-order valence-electron chi connectivity index (χ1n) is 17.7. The maximum absolute atomic E-state index is 13.7. The predicted octanol–water partition coefficient (Wildman–Crippen LogP) is -8.36. The largest absolute Gasteiger partial charge is 0.480 e. The van der Waals surface area contributed by atoms with Gasteiger partial charge < -0.3 is 75.9 Å². The van der Waals surface area contributed by atoms with Crippen LogP contribution in [0.4, 0.5) is 0 Å². The molecule has 54 heavy (non-hydrogen) atoms. The van der Waals surface area contributed by atoms with Crippen molar-refractivity contribution in [2.75, 3.05) is 13.1 Å². The summed E-state index contributed by atoms with van der Waals surface area (Å²) in [6.45, 7) is 5.82. The zero-order valence-electron chi connectivity index (χ0n) is 31.4. The normalized spacial score (nSPS) is 16.2. The molecule has 23 nitrogen and oxygen atoms in total. The molecule has 0 saturated carbocycles. The Balaban J connectivity index is 6.25. The molecule has 0 spiro atoms. The Morgan fingerprint density at radius 1 is 0.611 bits per heavy atom. The second-order valence-corrected chi connectivity index (χ2v) is 13.1. The standard InChI is InChI=1S/C31H60N12O11/c1-14(33)24(47)39-19(9-7-13-37-31(35)36)26(49)43-23(17(4)45)29(52)41-18(8-5-6-12-32)25(48)40-20(10-11-21(34)46)27(50)42-22(16(3)44)28(51)38-15(2)30(53)54/h14-20,22-23,31,37,44-45H,5-13,32-33,35-36H2,1-4H3,(H2,34,46)(H,38,51)(H,39,47)(H,40,48)(H,41,52)(H,42,50)(H,43,49)(H,53,54)/p+2/t14-,15-,16+,17+,18-,19-,20-,22-,23-/m0/s1. The fourth-order valence-corrected chi connectivity index (χ4v) is 4.72. The molecule has 22 N–H and O–H groups in total. The van der Waals surface area contributed by atoms with Gasteiger partial charge in [-0.3, -0.25) is 43.7 Å². The number of rotatable bonds is 27. The molecule has 0 radical (unpaired) electrons. The van der Waals surface area contributed by atoms with Crippen molar-refractivity contribution in [3.05, 3.63) is 0 Å². The molecule has 0 aromatic carbocycles. The van der Waals surface area contributed by atoms with Gasteiger partial charge >= 0.3 is 5.97 Å². The van der Waals surface area contributed by atoms with Gasteiger partial charge in [0.2, 0.25) is 35.4 Å². The first kappa shape index (κ1) is 49.5. The fourth-order valence-electron chi connectivity index (χ4n) is 4.72. The van der Waals surface area contributed by atoms with Crippen LogP contribution in [0.3, 0.4) is 0 Å². The van der Waals surface area contributed by atoms with E-state index in [4.69, 9.17) is 22.3 Å². The molecule has 7 amide bonds. The van der Waals surface area contributed by atoms with Crippen molar-refractivity contribution in [2.24, 2.45) is 17.2 Å². The highest BCUT2D eigenvalue weighted by Gasteiger charge is 2.35. The molecule has 9 atom stereocenters. The van der Waals surface area contributed by atoms with Crippen molar-refractivity contribution in [1.82, 2.24) is 37.2 Å². The zero-order chi connectivity index (χ0) is 41.7. The van der Waals surface area contributed by atoms with Gasteiger partial charge in [-0.1, -0.05) is 0 Å². The van der Waals surface area contributed by atoms with Gasteiger partial charge in [0.1, 0.15) is 42.5 Å². The fraction of sp³-hybridized carbons (Fsp3) is 0.742. The third-order valence-electron chi connectivity index (χ3n) is 7.92. The average Bonchev–Trinajstić information content (AvgIpc) is 3.07. The van der Waals surface area contributed by atoms with Gasteiger partial charge in [0.25, 0.3) is 5.91 Å². The minimum atomic E-state index is -1.67. The summed E-state index contributed by atoms with van der Waals surface area (Å²) in [6, 6.07) is -9.47. The van der Waals surface area contributed by atoms with E-state index in [0.717, 1.165) is 13.8 Å². The number of unbranched alkanes of at least 4 members (excludes halogenated alkanes) is 1. The van der Waals surface area contributed by atoms with Gasteiger partial charge in [0, 0.05) is 6.42 Å². The van der Waals surface area contributed by atoms with Gasteiger partial charge in [-0.05, 0) is 72.8 Å². The van der Waals surface area contributed by atoms with Crippen molar-refractivity contribution >= 4 is 47.3 Å². The number of aliphatic hydroxyl groups is 2.